The second-order valence-electron chi connectivity index (χ2n) is 5.20. The smallest absolute Gasteiger partial charge is 0.119 e. The lowest BCUT2D eigenvalue weighted by Gasteiger charge is -2.19. The van der Waals surface area contributed by atoms with Crippen molar-refractivity contribution in [2.75, 3.05) is 0 Å². The SMILES string of the molecule is CCCCCC(c1ccc(O)cc1)c1ccccc1O. The van der Waals surface area contributed by atoms with Gasteiger partial charge in [-0.1, -0.05) is 56.5 Å². The molecule has 20 heavy (non-hydrogen) atoms. The van der Waals surface area contributed by atoms with E-state index in [1.807, 2.05) is 30.3 Å². The van der Waals surface area contributed by atoms with Crippen molar-refractivity contribution < 1.29 is 10.2 Å². The minimum Gasteiger partial charge on any atom is -0.508 e. The summed E-state index contributed by atoms with van der Waals surface area (Å²) >= 11 is 0. The number of phenols is 2. The van der Waals surface area contributed by atoms with E-state index in [9.17, 15) is 10.2 Å². The van der Waals surface area contributed by atoms with Crippen LogP contribution < -0.4 is 0 Å². The van der Waals surface area contributed by atoms with Crippen LogP contribution in [0.3, 0.4) is 0 Å². The molecule has 2 rings (SSSR count). The number of para-hydroxylation sites is 1. The van der Waals surface area contributed by atoms with Gasteiger partial charge in [0.2, 0.25) is 0 Å². The molecule has 0 aliphatic carbocycles. The summed E-state index contributed by atoms with van der Waals surface area (Å²) in [6.07, 6.45) is 4.53. The molecule has 1 atom stereocenters. The maximum Gasteiger partial charge on any atom is 0.119 e. The third-order valence-electron chi connectivity index (χ3n) is 3.70. The van der Waals surface area contributed by atoms with Crippen molar-refractivity contribution in [2.45, 2.75) is 38.5 Å². The van der Waals surface area contributed by atoms with Gasteiger partial charge in [-0.05, 0) is 30.2 Å². The zero-order valence-electron chi connectivity index (χ0n) is 11.9. The van der Waals surface area contributed by atoms with Gasteiger partial charge in [0.1, 0.15) is 11.5 Å². The molecular weight excluding hydrogens is 248 g/mol. The molecule has 2 aromatic carbocycles. The van der Waals surface area contributed by atoms with Gasteiger partial charge in [0.05, 0.1) is 0 Å². The van der Waals surface area contributed by atoms with Crippen LogP contribution in [0.15, 0.2) is 48.5 Å². The van der Waals surface area contributed by atoms with E-state index in [0.29, 0.717) is 5.75 Å². The van der Waals surface area contributed by atoms with E-state index in [-0.39, 0.29) is 11.7 Å². The second kappa shape index (κ2) is 6.99. The Morgan fingerprint density at radius 2 is 1.60 bits per heavy atom. The van der Waals surface area contributed by atoms with Crippen molar-refractivity contribution in [1.29, 1.82) is 0 Å². The summed E-state index contributed by atoms with van der Waals surface area (Å²) in [5.74, 6) is 0.809. The maximum atomic E-state index is 10.1. The van der Waals surface area contributed by atoms with Gasteiger partial charge in [0.25, 0.3) is 0 Å². The van der Waals surface area contributed by atoms with E-state index in [0.717, 1.165) is 24.0 Å². The molecule has 2 nitrogen and oxygen atoms in total. The monoisotopic (exact) mass is 270 g/mol. The molecule has 0 amide bonds. The van der Waals surface area contributed by atoms with Gasteiger partial charge < -0.3 is 10.2 Å². The molecule has 0 aliphatic rings. The van der Waals surface area contributed by atoms with E-state index in [1.165, 1.54) is 12.8 Å². The summed E-state index contributed by atoms with van der Waals surface area (Å²) in [5, 5.41) is 19.5. The highest BCUT2D eigenvalue weighted by atomic mass is 16.3. The highest BCUT2D eigenvalue weighted by Crippen LogP contribution is 2.35. The summed E-state index contributed by atoms with van der Waals surface area (Å²) in [4.78, 5) is 0. The number of aromatic hydroxyl groups is 2. The lowest BCUT2D eigenvalue weighted by atomic mass is 9.86. The third-order valence-corrected chi connectivity index (χ3v) is 3.70. The zero-order valence-corrected chi connectivity index (χ0v) is 11.9. The molecule has 0 aromatic heterocycles. The molecule has 0 fully saturated rings. The first-order chi connectivity index (χ1) is 9.72. The molecule has 2 N–H and O–H groups in total. The molecule has 0 aliphatic heterocycles. The molecule has 0 bridgehead atoms. The number of hydrogen-bond donors (Lipinski definition) is 2. The highest BCUT2D eigenvalue weighted by molar-refractivity contribution is 5.42. The third kappa shape index (κ3) is 3.53. The molecular formula is C18H22O2. The number of phenolic OH excluding ortho intramolecular Hbond substituents is 2. The highest BCUT2D eigenvalue weighted by Gasteiger charge is 2.17. The van der Waals surface area contributed by atoms with Gasteiger partial charge in [0, 0.05) is 11.5 Å². The van der Waals surface area contributed by atoms with Gasteiger partial charge in [-0.25, -0.2) is 0 Å². The summed E-state index contributed by atoms with van der Waals surface area (Å²) in [7, 11) is 0. The van der Waals surface area contributed by atoms with E-state index in [4.69, 9.17) is 0 Å². The molecule has 2 heteroatoms. The molecule has 0 radical (unpaired) electrons. The zero-order chi connectivity index (χ0) is 14.4. The van der Waals surface area contributed by atoms with Crippen LogP contribution in [-0.2, 0) is 0 Å². The molecule has 2 aromatic rings. The summed E-state index contributed by atoms with van der Waals surface area (Å²) < 4.78 is 0. The van der Waals surface area contributed by atoms with E-state index in [1.54, 1.807) is 18.2 Å². The minimum atomic E-state index is 0.184. The normalized spacial score (nSPS) is 12.2. The Labute approximate surface area is 120 Å². The van der Waals surface area contributed by atoms with Crippen molar-refractivity contribution in [3.63, 3.8) is 0 Å². The summed E-state index contributed by atoms with van der Waals surface area (Å²) in [5.41, 5.74) is 2.11. The number of benzene rings is 2. The van der Waals surface area contributed by atoms with E-state index in [2.05, 4.69) is 6.92 Å². The predicted molar refractivity (Wildman–Crippen MR) is 82.2 cm³/mol. The lowest BCUT2D eigenvalue weighted by molar-refractivity contribution is 0.460. The number of unbranched alkanes of at least 4 members (excludes halogenated alkanes) is 2. The molecule has 0 spiro atoms. The van der Waals surface area contributed by atoms with Crippen LogP contribution in [-0.4, -0.2) is 10.2 Å². The Morgan fingerprint density at radius 1 is 0.900 bits per heavy atom. The van der Waals surface area contributed by atoms with Crippen molar-refractivity contribution in [2.24, 2.45) is 0 Å². The van der Waals surface area contributed by atoms with E-state index >= 15 is 0 Å². The molecule has 0 heterocycles. The average molecular weight is 270 g/mol. The number of rotatable bonds is 6. The van der Waals surface area contributed by atoms with Gasteiger partial charge >= 0.3 is 0 Å². The van der Waals surface area contributed by atoms with Crippen LogP contribution in [0.25, 0.3) is 0 Å². The molecule has 1 unspecified atom stereocenters. The van der Waals surface area contributed by atoms with Crippen LogP contribution >= 0.6 is 0 Å². The van der Waals surface area contributed by atoms with Crippen LogP contribution in [0.2, 0.25) is 0 Å². The topological polar surface area (TPSA) is 40.5 Å². The van der Waals surface area contributed by atoms with Crippen molar-refractivity contribution >= 4 is 0 Å². The van der Waals surface area contributed by atoms with Gasteiger partial charge in [0.15, 0.2) is 0 Å². The van der Waals surface area contributed by atoms with Crippen LogP contribution in [0.5, 0.6) is 11.5 Å². The Bertz CT molecular complexity index is 531. The predicted octanol–water partition coefficient (Wildman–Crippen LogP) is 4.81. The standard InChI is InChI=1S/C18H22O2/c1-2-3-4-7-16(14-10-12-15(19)13-11-14)17-8-5-6-9-18(17)20/h5-6,8-13,16,19-20H,2-4,7H2,1H3. The first-order valence-corrected chi connectivity index (χ1v) is 7.29. The fourth-order valence-electron chi connectivity index (χ4n) is 2.59. The second-order valence-corrected chi connectivity index (χ2v) is 5.20. The molecule has 0 saturated carbocycles. The largest absolute Gasteiger partial charge is 0.508 e. The van der Waals surface area contributed by atoms with Crippen LogP contribution in [0.1, 0.15) is 49.7 Å². The van der Waals surface area contributed by atoms with E-state index < -0.39 is 0 Å². The van der Waals surface area contributed by atoms with Crippen molar-refractivity contribution in [3.8, 4) is 11.5 Å². The maximum absolute atomic E-state index is 10.1. The first-order valence-electron chi connectivity index (χ1n) is 7.29. The molecule has 0 saturated heterocycles. The first kappa shape index (κ1) is 14.4. The Hall–Kier alpha value is -1.96. The number of hydrogen-bond acceptors (Lipinski definition) is 2. The van der Waals surface area contributed by atoms with Crippen molar-refractivity contribution in [1.82, 2.24) is 0 Å². The minimum absolute atomic E-state index is 0.184. The van der Waals surface area contributed by atoms with Crippen LogP contribution in [0.4, 0.5) is 0 Å². The Kier molecular flexibility index (Phi) is 5.05. The van der Waals surface area contributed by atoms with Gasteiger partial charge in [-0.2, -0.15) is 0 Å². The van der Waals surface area contributed by atoms with Crippen LogP contribution in [0, 0.1) is 0 Å². The van der Waals surface area contributed by atoms with Crippen molar-refractivity contribution in [3.05, 3.63) is 59.7 Å². The Morgan fingerprint density at radius 3 is 2.25 bits per heavy atom. The van der Waals surface area contributed by atoms with Gasteiger partial charge in [-0.3, -0.25) is 0 Å². The summed E-state index contributed by atoms with van der Waals surface area (Å²) in [6.45, 7) is 2.19. The van der Waals surface area contributed by atoms with Gasteiger partial charge in [-0.15, -0.1) is 0 Å². The fourth-order valence-corrected chi connectivity index (χ4v) is 2.59. The fraction of sp³-hybridized carbons (Fsp3) is 0.333. The molecule has 106 valence electrons. The quantitative estimate of drug-likeness (QED) is 0.739. The lowest BCUT2D eigenvalue weighted by Crippen LogP contribution is -2.01. The summed E-state index contributed by atoms with van der Waals surface area (Å²) in [6, 6.07) is 14.8. The average Bonchev–Trinajstić information content (AvgIpc) is 2.46. The Balaban J connectivity index is 2.29.